The van der Waals surface area contributed by atoms with Crippen LogP contribution in [0.4, 0.5) is 0 Å². The van der Waals surface area contributed by atoms with Crippen molar-refractivity contribution in [2.24, 2.45) is 5.92 Å². The van der Waals surface area contributed by atoms with Crippen molar-refractivity contribution in [2.45, 2.75) is 71.2 Å². The molecule has 0 aromatic heterocycles. The molecule has 3 heteroatoms. The molecular formula is C15H26O3. The van der Waals surface area contributed by atoms with Crippen LogP contribution in [0, 0.1) is 5.92 Å². The molecule has 0 saturated carbocycles. The van der Waals surface area contributed by atoms with E-state index in [4.69, 9.17) is 9.47 Å². The largest absolute Gasteiger partial charge is 0.457 e. The molecule has 0 radical (unpaired) electrons. The number of carbonyl (C=O) groups excluding carboxylic acids is 1. The summed E-state index contributed by atoms with van der Waals surface area (Å²) in [5.74, 6) is -0.199. The molecule has 1 saturated heterocycles. The Morgan fingerprint density at radius 1 is 1.67 bits per heavy atom. The quantitative estimate of drug-likeness (QED) is 0.556. The van der Waals surface area contributed by atoms with E-state index in [1.807, 2.05) is 40.7 Å². The number of esters is 1. The maximum atomic E-state index is 11.9. The van der Waals surface area contributed by atoms with Gasteiger partial charge < -0.3 is 9.47 Å². The Kier molecular flexibility index (Phi) is 4.60. The Labute approximate surface area is 111 Å². The van der Waals surface area contributed by atoms with E-state index in [1.54, 1.807) is 0 Å². The first-order valence-corrected chi connectivity index (χ1v) is 6.78. The average molecular weight is 254 g/mol. The third kappa shape index (κ3) is 3.35. The molecule has 3 unspecified atom stereocenters. The number of ether oxygens (including phenoxy) is 2. The van der Waals surface area contributed by atoms with Crippen molar-refractivity contribution in [3.8, 4) is 0 Å². The number of carbonyl (C=O) groups is 1. The van der Waals surface area contributed by atoms with Gasteiger partial charge in [0.1, 0.15) is 5.60 Å². The second-order valence-corrected chi connectivity index (χ2v) is 6.00. The second-order valence-electron chi connectivity index (χ2n) is 6.00. The molecule has 0 spiro atoms. The summed E-state index contributed by atoms with van der Waals surface area (Å²) in [7, 11) is 0. The van der Waals surface area contributed by atoms with Gasteiger partial charge in [0.25, 0.3) is 0 Å². The van der Waals surface area contributed by atoms with E-state index in [-0.39, 0.29) is 23.6 Å². The van der Waals surface area contributed by atoms with Crippen LogP contribution >= 0.6 is 0 Å². The molecular weight excluding hydrogens is 228 g/mol. The monoisotopic (exact) mass is 254 g/mol. The fraction of sp³-hybridized carbons (Fsp3) is 0.800. The zero-order chi connectivity index (χ0) is 14.0. The summed E-state index contributed by atoms with van der Waals surface area (Å²) in [6.45, 7) is 13.5. The number of hydrogen-bond donors (Lipinski definition) is 0. The van der Waals surface area contributed by atoms with Crippen LogP contribution in [0.2, 0.25) is 0 Å². The van der Waals surface area contributed by atoms with Crippen LogP contribution in [-0.2, 0) is 14.3 Å². The standard InChI is InChI=1S/C15H26O3/c1-7-11(3)13(16)18-14(4,5)12-9-10-15(6,8-2)17-12/h8,11-12H,2,7,9-10H2,1,3-6H3. The van der Waals surface area contributed by atoms with Crippen molar-refractivity contribution in [3.05, 3.63) is 12.7 Å². The smallest absolute Gasteiger partial charge is 0.309 e. The number of rotatable bonds is 5. The Hall–Kier alpha value is -0.830. The molecule has 0 aromatic carbocycles. The zero-order valence-electron chi connectivity index (χ0n) is 12.3. The fourth-order valence-electron chi connectivity index (χ4n) is 2.09. The van der Waals surface area contributed by atoms with Gasteiger partial charge in [0, 0.05) is 0 Å². The van der Waals surface area contributed by atoms with Crippen molar-refractivity contribution in [1.29, 1.82) is 0 Å². The van der Waals surface area contributed by atoms with Crippen molar-refractivity contribution in [3.63, 3.8) is 0 Å². The third-order valence-electron chi connectivity index (χ3n) is 3.90. The minimum atomic E-state index is -0.582. The number of hydrogen-bond acceptors (Lipinski definition) is 3. The van der Waals surface area contributed by atoms with E-state index >= 15 is 0 Å². The van der Waals surface area contributed by atoms with Crippen LogP contribution in [0.3, 0.4) is 0 Å². The zero-order valence-corrected chi connectivity index (χ0v) is 12.3. The predicted molar refractivity (Wildman–Crippen MR) is 72.3 cm³/mol. The summed E-state index contributed by atoms with van der Waals surface area (Å²) < 4.78 is 11.6. The molecule has 0 amide bonds. The van der Waals surface area contributed by atoms with Gasteiger partial charge in [-0.1, -0.05) is 19.9 Å². The van der Waals surface area contributed by atoms with Crippen LogP contribution < -0.4 is 0 Å². The van der Waals surface area contributed by atoms with Crippen LogP contribution in [0.1, 0.15) is 53.9 Å². The summed E-state index contributed by atoms with van der Waals surface area (Å²) in [6.07, 6.45) is 4.38. The first-order valence-electron chi connectivity index (χ1n) is 6.78. The lowest BCUT2D eigenvalue weighted by Crippen LogP contribution is -2.43. The summed E-state index contributed by atoms with van der Waals surface area (Å²) in [5, 5.41) is 0. The Bertz CT molecular complexity index is 322. The lowest BCUT2D eigenvalue weighted by Gasteiger charge is -2.33. The highest BCUT2D eigenvalue weighted by atomic mass is 16.6. The fourth-order valence-corrected chi connectivity index (χ4v) is 2.09. The van der Waals surface area contributed by atoms with Gasteiger partial charge in [0.2, 0.25) is 0 Å². The lowest BCUT2D eigenvalue weighted by atomic mass is 9.96. The van der Waals surface area contributed by atoms with Gasteiger partial charge in [-0.15, -0.1) is 6.58 Å². The Morgan fingerprint density at radius 2 is 2.28 bits per heavy atom. The lowest BCUT2D eigenvalue weighted by molar-refractivity contribution is -0.178. The molecule has 1 heterocycles. The van der Waals surface area contributed by atoms with E-state index in [0.29, 0.717) is 0 Å². The predicted octanol–water partition coefficient (Wildman–Crippen LogP) is 3.48. The SMILES string of the molecule is C=CC1(C)CCC(C(C)(C)OC(=O)C(C)CC)O1. The van der Waals surface area contributed by atoms with Gasteiger partial charge in [-0.25, -0.2) is 0 Å². The molecule has 0 aliphatic carbocycles. The van der Waals surface area contributed by atoms with Crippen molar-refractivity contribution >= 4 is 5.97 Å². The highest BCUT2D eigenvalue weighted by Crippen LogP contribution is 2.37. The topological polar surface area (TPSA) is 35.5 Å². The van der Waals surface area contributed by atoms with Gasteiger partial charge in [-0.3, -0.25) is 4.79 Å². The summed E-state index contributed by atoms with van der Waals surface area (Å²) in [5.41, 5.74) is -0.869. The van der Waals surface area contributed by atoms with E-state index in [1.165, 1.54) is 0 Å². The molecule has 104 valence electrons. The van der Waals surface area contributed by atoms with Crippen molar-refractivity contribution in [2.75, 3.05) is 0 Å². The second kappa shape index (κ2) is 5.43. The minimum Gasteiger partial charge on any atom is -0.457 e. The van der Waals surface area contributed by atoms with Crippen LogP contribution in [-0.4, -0.2) is 23.3 Å². The summed E-state index contributed by atoms with van der Waals surface area (Å²) in [6, 6.07) is 0. The van der Waals surface area contributed by atoms with E-state index < -0.39 is 5.60 Å². The normalized spacial score (nSPS) is 29.9. The molecule has 0 aromatic rings. The van der Waals surface area contributed by atoms with Gasteiger partial charge >= 0.3 is 5.97 Å². The highest BCUT2D eigenvalue weighted by molar-refractivity contribution is 5.72. The van der Waals surface area contributed by atoms with Gasteiger partial charge in [0.15, 0.2) is 0 Å². The first-order chi connectivity index (χ1) is 8.24. The van der Waals surface area contributed by atoms with Crippen molar-refractivity contribution < 1.29 is 14.3 Å². The molecule has 1 fully saturated rings. The maximum absolute atomic E-state index is 11.9. The Morgan fingerprint density at radius 3 is 2.72 bits per heavy atom. The van der Waals surface area contributed by atoms with Gasteiger partial charge in [-0.05, 0) is 40.0 Å². The summed E-state index contributed by atoms with van der Waals surface area (Å²) >= 11 is 0. The maximum Gasteiger partial charge on any atom is 0.309 e. The van der Waals surface area contributed by atoms with Gasteiger partial charge in [-0.2, -0.15) is 0 Å². The molecule has 1 aliphatic heterocycles. The average Bonchev–Trinajstić information content (AvgIpc) is 2.72. The highest BCUT2D eigenvalue weighted by Gasteiger charge is 2.44. The van der Waals surface area contributed by atoms with E-state index in [2.05, 4.69) is 6.58 Å². The van der Waals surface area contributed by atoms with E-state index in [0.717, 1.165) is 19.3 Å². The molecule has 0 N–H and O–H groups in total. The third-order valence-corrected chi connectivity index (χ3v) is 3.90. The van der Waals surface area contributed by atoms with Crippen molar-refractivity contribution in [1.82, 2.24) is 0 Å². The van der Waals surface area contributed by atoms with Crippen LogP contribution in [0.15, 0.2) is 12.7 Å². The van der Waals surface area contributed by atoms with Crippen LogP contribution in [0.25, 0.3) is 0 Å². The Balaban J connectivity index is 2.65. The van der Waals surface area contributed by atoms with Crippen LogP contribution in [0.5, 0.6) is 0 Å². The molecule has 1 aliphatic rings. The molecule has 3 atom stereocenters. The first kappa shape index (κ1) is 15.2. The van der Waals surface area contributed by atoms with Gasteiger partial charge in [0.05, 0.1) is 17.6 Å². The molecule has 1 rings (SSSR count). The molecule has 3 nitrogen and oxygen atoms in total. The van der Waals surface area contributed by atoms with E-state index in [9.17, 15) is 4.79 Å². The minimum absolute atomic E-state index is 0.0588. The summed E-state index contributed by atoms with van der Waals surface area (Å²) in [4.78, 5) is 11.9. The molecule has 18 heavy (non-hydrogen) atoms. The molecule has 0 bridgehead atoms.